The van der Waals surface area contributed by atoms with Crippen molar-refractivity contribution in [1.82, 2.24) is 9.97 Å². The summed E-state index contributed by atoms with van der Waals surface area (Å²) in [5, 5.41) is 3.31. The fraction of sp³-hybridized carbons (Fsp3) is 0.263. The van der Waals surface area contributed by atoms with Crippen molar-refractivity contribution < 1.29 is 4.79 Å². The summed E-state index contributed by atoms with van der Waals surface area (Å²) in [6.45, 7) is 1.52. The minimum absolute atomic E-state index is 0.231. The maximum Gasteiger partial charge on any atom is 0.226 e. The number of hydrogen-bond acceptors (Lipinski definition) is 3. The fourth-order valence-corrected chi connectivity index (χ4v) is 3.09. The molecule has 0 saturated carbocycles. The fourth-order valence-electron chi connectivity index (χ4n) is 3.09. The van der Waals surface area contributed by atoms with E-state index in [9.17, 15) is 4.79 Å². The first kappa shape index (κ1) is 14.8. The van der Waals surface area contributed by atoms with E-state index in [-0.39, 0.29) is 5.91 Å². The molecule has 0 bridgehead atoms. The Hall–Kier alpha value is -2.82. The molecule has 0 radical (unpaired) electrons. The first-order valence-corrected chi connectivity index (χ1v) is 8.37. The summed E-state index contributed by atoms with van der Waals surface area (Å²) in [5.41, 5.74) is 4.13. The Balaban J connectivity index is 1.42. The molecule has 0 atom stereocenters. The van der Waals surface area contributed by atoms with Crippen LogP contribution in [0.25, 0.3) is 11.0 Å². The molecule has 2 heterocycles. The van der Waals surface area contributed by atoms with Gasteiger partial charge in [0.2, 0.25) is 11.9 Å². The molecule has 1 aliphatic heterocycles. The van der Waals surface area contributed by atoms with Crippen molar-refractivity contribution in [2.45, 2.75) is 25.8 Å². The highest BCUT2D eigenvalue weighted by Gasteiger charge is 2.19. The van der Waals surface area contributed by atoms with Gasteiger partial charge in [0.25, 0.3) is 0 Å². The molecule has 0 aliphatic carbocycles. The van der Waals surface area contributed by atoms with Crippen LogP contribution in [0.4, 0.5) is 11.6 Å². The van der Waals surface area contributed by atoms with Gasteiger partial charge < -0.3 is 15.2 Å². The predicted molar refractivity (Wildman–Crippen MR) is 96.1 cm³/mol. The first-order valence-electron chi connectivity index (χ1n) is 8.37. The Morgan fingerprint density at radius 2 is 1.92 bits per heavy atom. The monoisotopic (exact) mass is 320 g/mol. The summed E-state index contributed by atoms with van der Waals surface area (Å²) in [7, 11) is 0. The molecule has 5 nitrogen and oxygen atoms in total. The van der Waals surface area contributed by atoms with Crippen LogP contribution in [0.5, 0.6) is 0 Å². The van der Waals surface area contributed by atoms with Gasteiger partial charge in [0, 0.05) is 25.2 Å². The van der Waals surface area contributed by atoms with Crippen LogP contribution >= 0.6 is 0 Å². The molecule has 0 unspecified atom stereocenters. The largest absolute Gasteiger partial charge is 0.352 e. The number of carbonyl (C=O) groups is 1. The van der Waals surface area contributed by atoms with E-state index >= 15 is 0 Å². The van der Waals surface area contributed by atoms with Gasteiger partial charge in [-0.2, -0.15) is 0 Å². The minimum atomic E-state index is 0.231. The number of rotatable bonds is 4. The van der Waals surface area contributed by atoms with Gasteiger partial charge in [-0.15, -0.1) is 0 Å². The average Bonchev–Trinajstić information content (AvgIpc) is 3.04. The van der Waals surface area contributed by atoms with E-state index in [4.69, 9.17) is 0 Å². The van der Waals surface area contributed by atoms with Crippen molar-refractivity contribution >= 4 is 28.6 Å². The molecule has 24 heavy (non-hydrogen) atoms. The Bertz CT molecular complexity index is 820. The lowest BCUT2D eigenvalue weighted by Crippen LogP contribution is -2.35. The van der Waals surface area contributed by atoms with Gasteiger partial charge in [-0.3, -0.25) is 4.79 Å². The zero-order valence-electron chi connectivity index (χ0n) is 13.5. The van der Waals surface area contributed by atoms with E-state index in [0.717, 1.165) is 47.6 Å². The highest BCUT2D eigenvalue weighted by atomic mass is 16.2. The van der Waals surface area contributed by atoms with Gasteiger partial charge in [0.05, 0.1) is 11.0 Å². The molecule has 3 aromatic rings. The van der Waals surface area contributed by atoms with E-state index in [1.54, 1.807) is 0 Å². The lowest BCUT2D eigenvalue weighted by molar-refractivity contribution is -0.119. The number of hydrogen-bond donors (Lipinski definition) is 2. The Morgan fingerprint density at radius 3 is 2.71 bits per heavy atom. The number of para-hydroxylation sites is 2. The Kier molecular flexibility index (Phi) is 3.91. The number of carbonyl (C=O) groups excluding carboxylic acids is 1. The molecular weight excluding hydrogens is 300 g/mol. The molecule has 1 fully saturated rings. The number of aromatic amines is 1. The van der Waals surface area contributed by atoms with Crippen LogP contribution in [-0.2, 0) is 11.3 Å². The molecule has 122 valence electrons. The third kappa shape index (κ3) is 2.97. The van der Waals surface area contributed by atoms with Gasteiger partial charge in [-0.25, -0.2) is 4.98 Å². The number of nitrogens with one attached hydrogen (secondary N) is 2. The minimum Gasteiger partial charge on any atom is -0.352 e. The second-order valence-corrected chi connectivity index (χ2v) is 6.13. The average molecular weight is 320 g/mol. The molecule has 1 aliphatic rings. The normalized spacial score (nSPS) is 15.0. The highest BCUT2D eigenvalue weighted by Crippen LogP contribution is 2.21. The quantitative estimate of drug-likeness (QED) is 0.770. The number of aromatic nitrogens is 2. The van der Waals surface area contributed by atoms with Gasteiger partial charge in [0.1, 0.15) is 0 Å². The van der Waals surface area contributed by atoms with Crippen LogP contribution in [0, 0.1) is 0 Å². The van der Waals surface area contributed by atoms with E-state index < -0.39 is 0 Å². The zero-order valence-corrected chi connectivity index (χ0v) is 13.5. The van der Waals surface area contributed by atoms with E-state index in [1.807, 2.05) is 41.3 Å². The third-order valence-corrected chi connectivity index (χ3v) is 4.42. The third-order valence-electron chi connectivity index (χ3n) is 4.42. The van der Waals surface area contributed by atoms with E-state index in [2.05, 4.69) is 27.4 Å². The number of anilines is 2. The van der Waals surface area contributed by atoms with Crippen LogP contribution in [0.2, 0.25) is 0 Å². The summed E-state index contributed by atoms with van der Waals surface area (Å²) in [6, 6.07) is 16.1. The second kappa shape index (κ2) is 6.35. The topological polar surface area (TPSA) is 61.0 Å². The molecule has 5 heteroatoms. The smallest absolute Gasteiger partial charge is 0.226 e. The van der Waals surface area contributed by atoms with Crippen molar-refractivity contribution in [1.29, 1.82) is 0 Å². The summed E-state index contributed by atoms with van der Waals surface area (Å²) in [6.07, 6.45) is 2.76. The van der Waals surface area contributed by atoms with Crippen molar-refractivity contribution in [3.63, 3.8) is 0 Å². The van der Waals surface area contributed by atoms with E-state index in [0.29, 0.717) is 13.0 Å². The Labute approximate surface area is 140 Å². The van der Waals surface area contributed by atoms with Gasteiger partial charge in [-0.1, -0.05) is 24.3 Å². The summed E-state index contributed by atoms with van der Waals surface area (Å²) >= 11 is 0. The summed E-state index contributed by atoms with van der Waals surface area (Å²) in [4.78, 5) is 21.6. The molecule has 2 aromatic carbocycles. The standard InChI is InChI=1S/C19H20N4O/c24-18-7-3-4-12-23(18)15-10-8-14(9-11-15)13-20-19-21-16-5-1-2-6-17(16)22-19/h1-2,5-6,8-11H,3-4,7,12-13H2,(H2,20,21,22). The van der Waals surface area contributed by atoms with Crippen LogP contribution in [0.15, 0.2) is 48.5 Å². The van der Waals surface area contributed by atoms with Gasteiger partial charge >= 0.3 is 0 Å². The number of H-pyrrole nitrogens is 1. The Morgan fingerprint density at radius 1 is 1.08 bits per heavy atom. The summed E-state index contributed by atoms with van der Waals surface area (Å²) < 4.78 is 0. The summed E-state index contributed by atoms with van der Waals surface area (Å²) in [5.74, 6) is 1.00. The first-order chi connectivity index (χ1) is 11.8. The molecule has 4 rings (SSSR count). The van der Waals surface area contributed by atoms with Crippen LogP contribution < -0.4 is 10.2 Å². The van der Waals surface area contributed by atoms with E-state index in [1.165, 1.54) is 0 Å². The van der Waals surface area contributed by atoms with Crippen molar-refractivity contribution in [2.24, 2.45) is 0 Å². The van der Waals surface area contributed by atoms with Crippen molar-refractivity contribution in [3.8, 4) is 0 Å². The lowest BCUT2D eigenvalue weighted by atomic mass is 10.1. The number of fused-ring (bicyclic) bond motifs is 1. The number of benzene rings is 2. The molecule has 1 saturated heterocycles. The highest BCUT2D eigenvalue weighted by molar-refractivity contribution is 5.93. The maximum absolute atomic E-state index is 12.0. The molecule has 2 N–H and O–H groups in total. The SMILES string of the molecule is O=C1CCCCN1c1ccc(CNc2nc3ccccc3[nH]2)cc1. The number of imidazole rings is 1. The number of nitrogens with zero attached hydrogens (tertiary/aromatic N) is 2. The van der Waals surface area contributed by atoms with Gasteiger partial charge in [0.15, 0.2) is 0 Å². The number of piperidine rings is 1. The zero-order chi connectivity index (χ0) is 16.4. The maximum atomic E-state index is 12.0. The second-order valence-electron chi connectivity index (χ2n) is 6.13. The lowest BCUT2D eigenvalue weighted by Gasteiger charge is -2.26. The molecule has 0 spiro atoms. The number of amides is 1. The molecule has 1 amide bonds. The van der Waals surface area contributed by atoms with Crippen molar-refractivity contribution in [2.75, 3.05) is 16.8 Å². The molecule has 1 aromatic heterocycles. The predicted octanol–water partition coefficient (Wildman–Crippen LogP) is 3.69. The van der Waals surface area contributed by atoms with Crippen LogP contribution in [0.3, 0.4) is 0 Å². The van der Waals surface area contributed by atoms with Gasteiger partial charge in [-0.05, 0) is 42.7 Å². The molecular formula is C19H20N4O. The van der Waals surface area contributed by atoms with Crippen LogP contribution in [0.1, 0.15) is 24.8 Å². The van der Waals surface area contributed by atoms with Crippen LogP contribution in [-0.4, -0.2) is 22.4 Å². The van der Waals surface area contributed by atoms with Crippen molar-refractivity contribution in [3.05, 3.63) is 54.1 Å².